The maximum atomic E-state index is 13.0. The van der Waals surface area contributed by atoms with E-state index in [9.17, 15) is 14.4 Å². The number of aryl methyl sites for hydroxylation is 1. The van der Waals surface area contributed by atoms with Crippen LogP contribution in [0.15, 0.2) is 48.5 Å². The largest absolute Gasteiger partial charge is 0.497 e. The first kappa shape index (κ1) is 21.4. The van der Waals surface area contributed by atoms with Crippen LogP contribution in [-0.4, -0.2) is 36.4 Å². The summed E-state index contributed by atoms with van der Waals surface area (Å²) in [5.74, 6) is -0.160. The van der Waals surface area contributed by atoms with E-state index in [2.05, 4.69) is 17.6 Å². The molecule has 4 amide bonds. The van der Waals surface area contributed by atoms with Gasteiger partial charge in [-0.25, -0.2) is 4.79 Å². The molecular formula is C23H27N3O4. The monoisotopic (exact) mass is 409 g/mol. The highest BCUT2D eigenvalue weighted by Crippen LogP contribution is 2.29. The molecule has 2 aromatic carbocycles. The molecule has 2 N–H and O–H groups in total. The number of hydrogen-bond donors (Lipinski definition) is 2. The SMILES string of the molecule is CCCc1ccc(C2(C)NC(=O)N(CC(=O)NCc3cccc(OC)c3)C2=O)cc1. The number of carbonyl (C=O) groups excluding carboxylic acids is 3. The number of imide groups is 1. The van der Waals surface area contributed by atoms with E-state index in [-0.39, 0.29) is 13.1 Å². The second-order valence-electron chi connectivity index (χ2n) is 7.52. The van der Waals surface area contributed by atoms with Gasteiger partial charge in [0.15, 0.2) is 0 Å². The highest BCUT2D eigenvalue weighted by Gasteiger charge is 2.49. The third kappa shape index (κ3) is 4.45. The van der Waals surface area contributed by atoms with E-state index >= 15 is 0 Å². The van der Waals surface area contributed by atoms with E-state index < -0.39 is 23.4 Å². The minimum Gasteiger partial charge on any atom is -0.497 e. The lowest BCUT2D eigenvalue weighted by Crippen LogP contribution is -2.43. The average Bonchev–Trinajstić information content (AvgIpc) is 2.97. The van der Waals surface area contributed by atoms with Crippen molar-refractivity contribution in [3.8, 4) is 5.75 Å². The maximum absolute atomic E-state index is 13.0. The summed E-state index contributed by atoms with van der Waals surface area (Å²) in [6.45, 7) is 3.71. The number of nitrogens with one attached hydrogen (secondary N) is 2. The Morgan fingerprint density at radius 1 is 1.13 bits per heavy atom. The van der Waals surface area contributed by atoms with Gasteiger partial charge in [-0.3, -0.25) is 14.5 Å². The molecule has 0 spiro atoms. The Bertz CT molecular complexity index is 942. The van der Waals surface area contributed by atoms with Gasteiger partial charge in [0.05, 0.1) is 7.11 Å². The van der Waals surface area contributed by atoms with Crippen molar-refractivity contribution in [3.05, 3.63) is 65.2 Å². The zero-order chi connectivity index (χ0) is 21.7. The molecule has 1 atom stereocenters. The zero-order valence-electron chi connectivity index (χ0n) is 17.5. The normalized spacial score (nSPS) is 18.3. The van der Waals surface area contributed by atoms with Gasteiger partial charge in [-0.05, 0) is 42.2 Å². The van der Waals surface area contributed by atoms with Crippen molar-refractivity contribution in [3.63, 3.8) is 0 Å². The van der Waals surface area contributed by atoms with Crippen LogP contribution in [0.1, 0.15) is 37.0 Å². The fourth-order valence-corrected chi connectivity index (χ4v) is 3.51. The number of urea groups is 1. The summed E-state index contributed by atoms with van der Waals surface area (Å²) in [6, 6.07) is 14.4. The van der Waals surface area contributed by atoms with Crippen LogP contribution in [0, 0.1) is 0 Å². The van der Waals surface area contributed by atoms with Gasteiger partial charge >= 0.3 is 6.03 Å². The Labute approximate surface area is 176 Å². The van der Waals surface area contributed by atoms with Crippen LogP contribution in [0.3, 0.4) is 0 Å². The molecule has 7 heteroatoms. The molecule has 3 rings (SSSR count). The predicted octanol–water partition coefficient (Wildman–Crippen LogP) is 2.73. The number of rotatable bonds is 8. The quantitative estimate of drug-likeness (QED) is 0.657. The molecule has 1 aliphatic rings. The van der Waals surface area contributed by atoms with Gasteiger partial charge in [-0.1, -0.05) is 49.7 Å². The molecule has 0 saturated carbocycles. The van der Waals surface area contributed by atoms with Crippen LogP contribution in [0.4, 0.5) is 4.79 Å². The second-order valence-corrected chi connectivity index (χ2v) is 7.52. The summed E-state index contributed by atoms with van der Waals surface area (Å²) in [7, 11) is 1.57. The summed E-state index contributed by atoms with van der Waals surface area (Å²) in [4.78, 5) is 38.7. The molecule has 30 heavy (non-hydrogen) atoms. The molecule has 2 aromatic rings. The van der Waals surface area contributed by atoms with E-state index in [4.69, 9.17) is 4.74 Å². The molecule has 0 aliphatic carbocycles. The van der Waals surface area contributed by atoms with Crippen molar-refractivity contribution in [2.24, 2.45) is 0 Å². The molecular weight excluding hydrogens is 382 g/mol. The van der Waals surface area contributed by atoms with Crippen LogP contribution < -0.4 is 15.4 Å². The molecule has 0 radical (unpaired) electrons. The van der Waals surface area contributed by atoms with Crippen LogP contribution in [0.5, 0.6) is 5.75 Å². The van der Waals surface area contributed by atoms with Gasteiger partial charge in [-0.2, -0.15) is 0 Å². The molecule has 1 fully saturated rings. The Morgan fingerprint density at radius 3 is 2.53 bits per heavy atom. The number of methoxy groups -OCH3 is 1. The first-order valence-corrected chi connectivity index (χ1v) is 10.0. The van der Waals surface area contributed by atoms with E-state index in [0.29, 0.717) is 11.3 Å². The first-order valence-electron chi connectivity index (χ1n) is 10.0. The number of ether oxygens (including phenoxy) is 1. The van der Waals surface area contributed by atoms with Crippen molar-refractivity contribution >= 4 is 17.8 Å². The van der Waals surface area contributed by atoms with Crippen molar-refractivity contribution in [2.45, 2.75) is 38.8 Å². The zero-order valence-corrected chi connectivity index (χ0v) is 17.5. The summed E-state index contributed by atoms with van der Waals surface area (Å²) in [5.41, 5.74) is 1.54. The lowest BCUT2D eigenvalue weighted by molar-refractivity contribution is -0.134. The first-order chi connectivity index (χ1) is 14.4. The molecule has 1 heterocycles. The van der Waals surface area contributed by atoms with E-state index in [0.717, 1.165) is 23.3 Å². The van der Waals surface area contributed by atoms with Gasteiger partial charge in [-0.15, -0.1) is 0 Å². The number of amides is 4. The van der Waals surface area contributed by atoms with Crippen molar-refractivity contribution in [1.29, 1.82) is 0 Å². The molecule has 7 nitrogen and oxygen atoms in total. The number of nitrogens with zero attached hydrogens (tertiary/aromatic N) is 1. The second kappa shape index (κ2) is 8.98. The third-order valence-electron chi connectivity index (χ3n) is 5.27. The van der Waals surface area contributed by atoms with Crippen molar-refractivity contribution in [1.82, 2.24) is 15.5 Å². The van der Waals surface area contributed by atoms with Crippen molar-refractivity contribution in [2.75, 3.05) is 13.7 Å². The Balaban J connectivity index is 1.64. The number of benzene rings is 2. The van der Waals surface area contributed by atoms with Gasteiger partial charge in [0, 0.05) is 6.54 Å². The Kier molecular flexibility index (Phi) is 6.40. The minimum atomic E-state index is -1.19. The molecule has 0 bridgehead atoms. The van der Waals surface area contributed by atoms with Gasteiger partial charge in [0.1, 0.15) is 17.8 Å². The van der Waals surface area contributed by atoms with E-state index in [1.54, 1.807) is 14.0 Å². The number of hydrogen-bond acceptors (Lipinski definition) is 4. The fraction of sp³-hybridized carbons (Fsp3) is 0.348. The van der Waals surface area contributed by atoms with Crippen LogP contribution in [0.2, 0.25) is 0 Å². The van der Waals surface area contributed by atoms with Gasteiger partial charge in [0.2, 0.25) is 5.91 Å². The highest BCUT2D eigenvalue weighted by atomic mass is 16.5. The Morgan fingerprint density at radius 2 is 1.87 bits per heavy atom. The topological polar surface area (TPSA) is 87.7 Å². The number of carbonyl (C=O) groups is 3. The lowest BCUT2D eigenvalue weighted by atomic mass is 9.91. The summed E-state index contributed by atoms with van der Waals surface area (Å²) in [5, 5.41) is 5.47. The Hall–Kier alpha value is -3.35. The third-order valence-corrected chi connectivity index (χ3v) is 5.27. The maximum Gasteiger partial charge on any atom is 0.325 e. The average molecular weight is 409 g/mol. The molecule has 1 aliphatic heterocycles. The lowest BCUT2D eigenvalue weighted by Gasteiger charge is -2.22. The summed E-state index contributed by atoms with van der Waals surface area (Å²) < 4.78 is 5.16. The van der Waals surface area contributed by atoms with Crippen LogP contribution >= 0.6 is 0 Å². The smallest absolute Gasteiger partial charge is 0.325 e. The summed E-state index contributed by atoms with van der Waals surface area (Å²) in [6.07, 6.45) is 1.99. The van der Waals surface area contributed by atoms with Crippen molar-refractivity contribution < 1.29 is 19.1 Å². The van der Waals surface area contributed by atoms with Crippen LogP contribution in [0.25, 0.3) is 0 Å². The standard InChI is InChI=1S/C23H27N3O4/c1-4-6-16-9-11-18(12-10-16)23(2)21(28)26(22(29)25-23)15-20(27)24-14-17-7-5-8-19(13-17)30-3/h5,7-13H,4,6,14-15H2,1-3H3,(H,24,27)(H,25,29). The molecule has 1 unspecified atom stereocenters. The fourth-order valence-electron chi connectivity index (χ4n) is 3.51. The van der Waals surface area contributed by atoms with Gasteiger partial charge < -0.3 is 15.4 Å². The summed E-state index contributed by atoms with van der Waals surface area (Å²) >= 11 is 0. The molecule has 158 valence electrons. The predicted molar refractivity (Wildman–Crippen MR) is 113 cm³/mol. The highest BCUT2D eigenvalue weighted by molar-refractivity contribution is 6.09. The van der Waals surface area contributed by atoms with Gasteiger partial charge in [0.25, 0.3) is 5.91 Å². The molecule has 1 saturated heterocycles. The van der Waals surface area contributed by atoms with E-state index in [1.807, 2.05) is 48.5 Å². The van der Waals surface area contributed by atoms with E-state index in [1.165, 1.54) is 5.56 Å². The minimum absolute atomic E-state index is 0.274. The van der Waals surface area contributed by atoms with Crippen LogP contribution in [-0.2, 0) is 28.1 Å². The molecule has 0 aromatic heterocycles.